The Morgan fingerprint density at radius 2 is 2.00 bits per heavy atom. The minimum absolute atomic E-state index is 0.0567. The van der Waals surface area contributed by atoms with E-state index in [-0.39, 0.29) is 17.6 Å². The van der Waals surface area contributed by atoms with Gasteiger partial charge in [0.25, 0.3) is 0 Å². The lowest BCUT2D eigenvalue weighted by atomic mass is 9.94. The van der Waals surface area contributed by atoms with Crippen LogP contribution in [-0.2, 0) is 4.79 Å². The number of hydrogen-bond acceptors (Lipinski definition) is 2. The molecule has 1 aliphatic carbocycles. The molecule has 0 saturated heterocycles. The average molecular weight is 408 g/mol. The molecule has 0 heterocycles. The lowest BCUT2D eigenvalue weighted by Gasteiger charge is -2.27. The third-order valence-corrected chi connectivity index (χ3v) is 5.20. The van der Waals surface area contributed by atoms with Crippen molar-refractivity contribution in [3.05, 3.63) is 77.2 Å². The maximum atomic E-state index is 13.8. The van der Waals surface area contributed by atoms with Gasteiger partial charge in [-0.25, -0.2) is 4.39 Å². The number of halogens is 1. The summed E-state index contributed by atoms with van der Waals surface area (Å²) < 4.78 is 13.8. The highest BCUT2D eigenvalue weighted by Gasteiger charge is 2.26. The second-order valence-corrected chi connectivity index (χ2v) is 8.23. The first kappa shape index (κ1) is 23.4. The molecule has 0 fully saturated rings. The maximum absolute atomic E-state index is 13.8. The second-order valence-electron chi connectivity index (χ2n) is 8.23. The quantitative estimate of drug-likeness (QED) is 0.680. The first-order chi connectivity index (χ1) is 14.0. The van der Waals surface area contributed by atoms with E-state index in [0.29, 0.717) is 11.1 Å². The number of benzene rings is 1. The number of hydrogen-bond donors (Lipinski definition) is 2. The summed E-state index contributed by atoms with van der Waals surface area (Å²) >= 11 is 0. The number of carbonyl (C=O) groups is 1. The summed E-state index contributed by atoms with van der Waals surface area (Å²) in [6.07, 6.45) is 8.17. The number of nitrogens with one attached hydrogen (secondary N) is 1. The van der Waals surface area contributed by atoms with Crippen molar-refractivity contribution in [3.63, 3.8) is 0 Å². The zero-order valence-corrected chi connectivity index (χ0v) is 18.3. The minimum Gasteiger partial charge on any atom is -0.388 e. The average Bonchev–Trinajstić information content (AvgIpc) is 2.87. The molecule has 0 bridgehead atoms. The van der Waals surface area contributed by atoms with Crippen molar-refractivity contribution in [2.24, 2.45) is 5.92 Å². The van der Waals surface area contributed by atoms with Crippen LogP contribution in [0, 0.1) is 23.6 Å². The molecule has 2 atom stereocenters. The molecule has 0 radical (unpaired) electrons. The van der Waals surface area contributed by atoms with Gasteiger partial charge in [0, 0.05) is 22.6 Å². The van der Waals surface area contributed by atoms with Gasteiger partial charge in [-0.15, -0.1) is 0 Å². The van der Waals surface area contributed by atoms with E-state index in [4.69, 9.17) is 0 Å². The Hall–Kier alpha value is -2.90. The van der Waals surface area contributed by atoms with Crippen molar-refractivity contribution >= 4 is 11.5 Å². The standard InChI is InChI=1S/C26H30FNO2/c1-7-21-12-10-19(8-9-20-14-22(17(2)3)16-23(27)15-20)11-13-24(21)25(29)28-18(4)26(5,6)30/h10-16,18,21,30H,2,7H2,1,3-6H3,(H,28,29). The van der Waals surface area contributed by atoms with Crippen LogP contribution in [0.25, 0.3) is 5.57 Å². The molecular weight excluding hydrogens is 377 g/mol. The Balaban J connectivity index is 2.30. The molecule has 1 aliphatic rings. The van der Waals surface area contributed by atoms with Crippen molar-refractivity contribution in [2.45, 2.75) is 52.7 Å². The fraction of sp³-hybridized carbons (Fsp3) is 0.346. The van der Waals surface area contributed by atoms with Crippen LogP contribution in [0.4, 0.5) is 4.39 Å². The van der Waals surface area contributed by atoms with Crippen LogP contribution >= 0.6 is 0 Å². The molecule has 0 aromatic heterocycles. The summed E-state index contributed by atoms with van der Waals surface area (Å²) in [6, 6.07) is 4.24. The Bertz CT molecular complexity index is 981. The summed E-state index contributed by atoms with van der Waals surface area (Å²) in [6.45, 7) is 12.8. The van der Waals surface area contributed by atoms with Crippen LogP contribution in [0.2, 0.25) is 0 Å². The van der Waals surface area contributed by atoms with Gasteiger partial charge >= 0.3 is 0 Å². The molecule has 30 heavy (non-hydrogen) atoms. The predicted octanol–water partition coefficient (Wildman–Crippen LogP) is 4.93. The van der Waals surface area contributed by atoms with Crippen LogP contribution in [-0.4, -0.2) is 22.7 Å². The molecule has 1 aromatic rings. The van der Waals surface area contributed by atoms with Crippen molar-refractivity contribution < 1.29 is 14.3 Å². The summed E-state index contributed by atoms with van der Waals surface area (Å²) in [4.78, 5) is 12.8. The van der Waals surface area contributed by atoms with Gasteiger partial charge in [0.15, 0.2) is 0 Å². The topological polar surface area (TPSA) is 49.3 Å². The third kappa shape index (κ3) is 6.30. The molecule has 2 N–H and O–H groups in total. The molecule has 1 aromatic carbocycles. The van der Waals surface area contributed by atoms with E-state index in [2.05, 4.69) is 23.7 Å². The Morgan fingerprint density at radius 3 is 2.60 bits per heavy atom. The lowest BCUT2D eigenvalue weighted by molar-refractivity contribution is -0.120. The van der Waals surface area contributed by atoms with Gasteiger partial charge in [-0.2, -0.15) is 0 Å². The summed E-state index contributed by atoms with van der Waals surface area (Å²) in [7, 11) is 0. The van der Waals surface area contributed by atoms with E-state index in [1.54, 1.807) is 39.0 Å². The van der Waals surface area contributed by atoms with Crippen molar-refractivity contribution in [2.75, 3.05) is 0 Å². The van der Waals surface area contributed by atoms with E-state index in [9.17, 15) is 14.3 Å². The minimum atomic E-state index is -1.02. The van der Waals surface area contributed by atoms with Gasteiger partial charge in [0.2, 0.25) is 5.91 Å². The molecule has 4 heteroatoms. The number of allylic oxidation sites excluding steroid dienone is 6. The number of amides is 1. The van der Waals surface area contributed by atoms with Crippen LogP contribution < -0.4 is 5.32 Å². The fourth-order valence-corrected chi connectivity index (χ4v) is 2.87. The van der Waals surface area contributed by atoms with Gasteiger partial charge < -0.3 is 10.4 Å². The van der Waals surface area contributed by atoms with Crippen molar-refractivity contribution in [1.82, 2.24) is 5.32 Å². The number of carbonyl (C=O) groups excluding carboxylic acids is 1. The summed E-state index contributed by atoms with van der Waals surface area (Å²) in [5, 5.41) is 13.0. The lowest BCUT2D eigenvalue weighted by Crippen LogP contribution is -2.48. The van der Waals surface area contributed by atoms with E-state index in [1.807, 2.05) is 26.0 Å². The summed E-state index contributed by atoms with van der Waals surface area (Å²) in [5.41, 5.74) is 2.40. The largest absolute Gasteiger partial charge is 0.388 e. The smallest absolute Gasteiger partial charge is 0.248 e. The molecular formula is C26H30FNO2. The second kappa shape index (κ2) is 9.73. The zero-order valence-electron chi connectivity index (χ0n) is 18.3. The first-order valence-electron chi connectivity index (χ1n) is 10.1. The van der Waals surface area contributed by atoms with Gasteiger partial charge in [0.05, 0.1) is 11.6 Å². The fourth-order valence-electron chi connectivity index (χ4n) is 2.87. The van der Waals surface area contributed by atoms with E-state index in [1.165, 1.54) is 12.1 Å². The number of aliphatic hydroxyl groups is 1. The summed E-state index contributed by atoms with van der Waals surface area (Å²) in [5.74, 6) is 5.43. The van der Waals surface area contributed by atoms with E-state index in [0.717, 1.165) is 23.1 Å². The van der Waals surface area contributed by atoms with Gasteiger partial charge in [-0.3, -0.25) is 4.79 Å². The monoisotopic (exact) mass is 407 g/mol. The SMILES string of the molecule is C=C(C)c1cc(F)cc(C#CC2=CC=C(C(=O)NC(C)C(C)(C)O)C(CC)C=C2)c1. The highest BCUT2D eigenvalue weighted by Crippen LogP contribution is 2.22. The molecule has 0 saturated carbocycles. The van der Waals surface area contributed by atoms with Gasteiger partial charge in [-0.1, -0.05) is 43.1 Å². The highest BCUT2D eigenvalue weighted by atomic mass is 19.1. The van der Waals surface area contributed by atoms with Crippen LogP contribution in [0.1, 0.15) is 52.2 Å². The van der Waals surface area contributed by atoms with Crippen LogP contribution in [0.5, 0.6) is 0 Å². The van der Waals surface area contributed by atoms with Crippen LogP contribution in [0.15, 0.2) is 60.2 Å². The zero-order chi connectivity index (χ0) is 22.5. The maximum Gasteiger partial charge on any atom is 0.248 e. The number of rotatable bonds is 5. The van der Waals surface area contributed by atoms with Crippen LogP contribution in [0.3, 0.4) is 0 Å². The molecule has 158 valence electrons. The molecule has 0 aliphatic heterocycles. The molecule has 2 unspecified atom stereocenters. The Morgan fingerprint density at radius 1 is 1.30 bits per heavy atom. The predicted molar refractivity (Wildman–Crippen MR) is 121 cm³/mol. The Kier molecular flexibility index (Phi) is 7.59. The molecule has 2 rings (SSSR count). The van der Waals surface area contributed by atoms with E-state index >= 15 is 0 Å². The van der Waals surface area contributed by atoms with Crippen molar-refractivity contribution in [3.8, 4) is 11.8 Å². The first-order valence-corrected chi connectivity index (χ1v) is 10.1. The Labute approximate surface area is 179 Å². The van der Waals surface area contributed by atoms with Gasteiger partial charge in [-0.05, 0) is 70.0 Å². The molecule has 3 nitrogen and oxygen atoms in total. The normalized spacial score (nSPS) is 17.1. The third-order valence-electron chi connectivity index (χ3n) is 5.20. The molecule has 0 spiro atoms. The molecule has 1 amide bonds. The van der Waals surface area contributed by atoms with Crippen molar-refractivity contribution in [1.29, 1.82) is 0 Å². The highest BCUT2D eigenvalue weighted by molar-refractivity contribution is 5.95. The van der Waals surface area contributed by atoms with Gasteiger partial charge in [0.1, 0.15) is 5.82 Å². The van der Waals surface area contributed by atoms with E-state index < -0.39 is 11.6 Å².